The van der Waals surface area contributed by atoms with Crippen molar-refractivity contribution >= 4 is 57.6 Å². The Morgan fingerprint density at radius 3 is 1.96 bits per heavy atom. The van der Waals surface area contributed by atoms with Crippen molar-refractivity contribution in [2.24, 2.45) is 0 Å². The average Bonchev–Trinajstić information content (AvgIpc) is 2.65. The van der Waals surface area contributed by atoms with E-state index < -0.39 is 0 Å². The van der Waals surface area contributed by atoms with Crippen molar-refractivity contribution in [1.29, 1.82) is 0 Å². The minimum Gasteiger partial charge on any atom is -0.502 e. The van der Waals surface area contributed by atoms with Crippen molar-refractivity contribution in [1.82, 2.24) is 0 Å². The van der Waals surface area contributed by atoms with Gasteiger partial charge in [0.15, 0.2) is 23.1 Å². The Kier molecular flexibility index (Phi) is 5.89. The number of aromatic nitrogens is 1. The lowest BCUT2D eigenvalue weighted by atomic mass is 10.1. The standard InChI is InChI=1S/C20H14Cl2N2OS/c21-15-6-4-14(5-7-15)19(25)18(24-12-2-1-3-13-24)20(26)23-17-10-8-16(22)9-11-17/h1-13H,(H-,23,25,26)/p+1. The number of halogens is 2. The molecule has 6 heteroatoms. The highest BCUT2D eigenvalue weighted by molar-refractivity contribution is 7.81. The molecule has 0 spiro atoms. The van der Waals surface area contributed by atoms with Crippen molar-refractivity contribution in [2.45, 2.75) is 0 Å². The van der Waals surface area contributed by atoms with Crippen LogP contribution >= 0.6 is 35.4 Å². The summed E-state index contributed by atoms with van der Waals surface area (Å²) in [7, 11) is 0. The molecule has 0 radical (unpaired) electrons. The van der Waals surface area contributed by atoms with E-state index in [9.17, 15) is 5.11 Å². The molecule has 3 rings (SSSR count). The highest BCUT2D eigenvalue weighted by atomic mass is 35.5. The zero-order valence-corrected chi connectivity index (χ0v) is 15.9. The van der Waals surface area contributed by atoms with Crippen LogP contribution in [-0.4, -0.2) is 10.1 Å². The molecular weight excluding hydrogens is 387 g/mol. The Morgan fingerprint density at radius 1 is 0.846 bits per heavy atom. The summed E-state index contributed by atoms with van der Waals surface area (Å²) in [6.07, 6.45) is 3.63. The molecule has 0 amide bonds. The number of benzene rings is 2. The number of hydrogen-bond acceptors (Lipinski definition) is 2. The van der Waals surface area contributed by atoms with Gasteiger partial charge in [-0.05, 0) is 48.5 Å². The van der Waals surface area contributed by atoms with E-state index in [1.807, 2.05) is 42.7 Å². The van der Waals surface area contributed by atoms with Crippen molar-refractivity contribution in [3.8, 4) is 0 Å². The van der Waals surface area contributed by atoms with Crippen molar-refractivity contribution in [3.63, 3.8) is 0 Å². The number of anilines is 1. The third kappa shape index (κ3) is 4.41. The number of aliphatic hydroxyl groups excluding tert-OH is 1. The number of nitrogens with one attached hydrogen (secondary N) is 1. The number of pyridine rings is 1. The van der Waals surface area contributed by atoms with E-state index in [-0.39, 0.29) is 5.76 Å². The molecule has 0 atom stereocenters. The Balaban J connectivity index is 2.03. The fourth-order valence-corrected chi connectivity index (χ4v) is 2.93. The maximum atomic E-state index is 10.9. The van der Waals surface area contributed by atoms with E-state index in [2.05, 4.69) is 5.32 Å². The topological polar surface area (TPSA) is 36.1 Å². The Hall–Kier alpha value is -2.40. The van der Waals surface area contributed by atoms with Gasteiger partial charge in [0.2, 0.25) is 0 Å². The van der Waals surface area contributed by atoms with Crippen LogP contribution in [0.25, 0.3) is 11.5 Å². The van der Waals surface area contributed by atoms with E-state index in [0.717, 1.165) is 5.69 Å². The average molecular weight is 402 g/mol. The Bertz CT molecular complexity index is 940. The van der Waals surface area contributed by atoms with Gasteiger partial charge in [0, 0.05) is 33.4 Å². The van der Waals surface area contributed by atoms with Crippen LogP contribution in [0.1, 0.15) is 5.56 Å². The molecule has 0 unspecified atom stereocenters. The Labute approximate surface area is 167 Å². The van der Waals surface area contributed by atoms with Crippen LogP contribution in [0.5, 0.6) is 0 Å². The molecule has 0 saturated carbocycles. The zero-order chi connectivity index (χ0) is 18.5. The van der Waals surface area contributed by atoms with E-state index >= 15 is 0 Å². The maximum absolute atomic E-state index is 10.9. The summed E-state index contributed by atoms with van der Waals surface area (Å²) >= 11 is 17.4. The number of nitrogens with zero attached hydrogens (tertiary/aromatic N) is 1. The number of aliphatic hydroxyl groups is 1. The lowest BCUT2D eigenvalue weighted by Crippen LogP contribution is -2.38. The van der Waals surface area contributed by atoms with Gasteiger partial charge < -0.3 is 10.4 Å². The largest absolute Gasteiger partial charge is 0.502 e. The summed E-state index contributed by atoms with van der Waals surface area (Å²) in [4.78, 5) is 0.371. The highest BCUT2D eigenvalue weighted by Gasteiger charge is 2.23. The summed E-state index contributed by atoms with van der Waals surface area (Å²) in [6, 6.07) is 19.7. The van der Waals surface area contributed by atoms with Gasteiger partial charge in [-0.2, -0.15) is 4.57 Å². The number of thiocarbonyl (C=S) groups is 1. The zero-order valence-electron chi connectivity index (χ0n) is 13.6. The van der Waals surface area contributed by atoms with Crippen LogP contribution in [0.4, 0.5) is 5.69 Å². The van der Waals surface area contributed by atoms with Crippen molar-refractivity contribution in [3.05, 3.63) is 94.7 Å². The van der Waals surface area contributed by atoms with Crippen LogP contribution in [0.2, 0.25) is 10.0 Å². The summed E-state index contributed by atoms with van der Waals surface area (Å²) in [5.41, 5.74) is 1.84. The van der Waals surface area contributed by atoms with E-state index in [4.69, 9.17) is 35.4 Å². The summed E-state index contributed by atoms with van der Waals surface area (Å²) in [5, 5.41) is 15.3. The summed E-state index contributed by atoms with van der Waals surface area (Å²) in [5.74, 6) is 0.0457. The molecule has 26 heavy (non-hydrogen) atoms. The lowest BCUT2D eigenvalue weighted by Gasteiger charge is -2.10. The Morgan fingerprint density at radius 2 is 1.38 bits per heavy atom. The van der Waals surface area contributed by atoms with E-state index in [0.29, 0.717) is 26.3 Å². The third-order valence-corrected chi connectivity index (χ3v) is 4.43. The molecule has 2 N–H and O–H groups in total. The molecule has 1 heterocycles. The van der Waals surface area contributed by atoms with Gasteiger partial charge in [-0.15, -0.1) is 0 Å². The summed E-state index contributed by atoms with van der Waals surface area (Å²) < 4.78 is 1.76. The second kappa shape index (κ2) is 8.32. The van der Waals surface area contributed by atoms with Crippen molar-refractivity contribution in [2.75, 3.05) is 5.32 Å². The quantitative estimate of drug-likeness (QED) is 0.258. The minimum atomic E-state index is 0.0457. The highest BCUT2D eigenvalue weighted by Crippen LogP contribution is 2.21. The molecule has 130 valence electrons. The van der Waals surface area contributed by atoms with Crippen LogP contribution in [0, 0.1) is 0 Å². The predicted octanol–water partition coefficient (Wildman–Crippen LogP) is 5.60. The monoisotopic (exact) mass is 401 g/mol. The molecular formula is C20H15Cl2N2OS+. The van der Waals surface area contributed by atoms with E-state index in [1.165, 1.54) is 0 Å². The summed E-state index contributed by atoms with van der Waals surface area (Å²) in [6.45, 7) is 0. The normalized spacial score (nSPS) is 11.6. The van der Waals surface area contributed by atoms with Gasteiger partial charge in [-0.25, -0.2) is 0 Å². The fourth-order valence-electron chi connectivity index (χ4n) is 2.36. The van der Waals surface area contributed by atoms with Crippen molar-refractivity contribution < 1.29 is 9.67 Å². The SMILES string of the molecule is O/C(=C(\C(=S)Nc1ccc(Cl)cc1)[n+]1ccccc1)c1ccc(Cl)cc1. The fraction of sp³-hybridized carbons (Fsp3) is 0. The molecule has 0 bridgehead atoms. The van der Waals surface area contributed by atoms with E-state index in [1.54, 1.807) is 41.0 Å². The minimum absolute atomic E-state index is 0.0457. The molecule has 3 aromatic rings. The molecule has 3 nitrogen and oxygen atoms in total. The first-order valence-electron chi connectivity index (χ1n) is 7.77. The third-order valence-electron chi connectivity index (χ3n) is 3.63. The first-order chi connectivity index (χ1) is 12.5. The van der Waals surface area contributed by atoms with Gasteiger partial charge in [0.1, 0.15) is 0 Å². The predicted molar refractivity (Wildman–Crippen MR) is 112 cm³/mol. The molecule has 0 aliphatic rings. The maximum Gasteiger partial charge on any atom is 0.288 e. The second-order valence-corrected chi connectivity index (χ2v) is 6.73. The number of hydrogen-bond donors (Lipinski definition) is 2. The first kappa shape index (κ1) is 18.4. The molecule has 2 aromatic carbocycles. The van der Waals surface area contributed by atoms with Gasteiger partial charge in [0.25, 0.3) is 5.70 Å². The van der Waals surface area contributed by atoms with Crippen LogP contribution in [-0.2, 0) is 0 Å². The van der Waals surface area contributed by atoms with Gasteiger partial charge >= 0.3 is 0 Å². The molecule has 0 aliphatic heterocycles. The molecule has 0 saturated heterocycles. The second-order valence-electron chi connectivity index (χ2n) is 5.45. The molecule has 0 fully saturated rings. The lowest BCUT2D eigenvalue weighted by molar-refractivity contribution is -0.575. The first-order valence-corrected chi connectivity index (χ1v) is 8.94. The van der Waals surface area contributed by atoms with Gasteiger partial charge in [-0.1, -0.05) is 41.5 Å². The smallest absolute Gasteiger partial charge is 0.288 e. The van der Waals surface area contributed by atoms with Crippen LogP contribution < -0.4 is 9.88 Å². The van der Waals surface area contributed by atoms with Crippen LogP contribution in [0.3, 0.4) is 0 Å². The molecule has 1 aromatic heterocycles. The number of rotatable bonds is 4. The van der Waals surface area contributed by atoms with Crippen LogP contribution in [0.15, 0.2) is 79.1 Å². The van der Waals surface area contributed by atoms with Gasteiger partial charge in [0.05, 0.1) is 0 Å². The molecule has 0 aliphatic carbocycles. The van der Waals surface area contributed by atoms with Gasteiger partial charge in [-0.3, -0.25) is 0 Å².